The number of fused-ring (bicyclic) bond motifs is 1. The number of rotatable bonds is 2. The zero-order valence-electron chi connectivity index (χ0n) is 12.1. The first-order valence-electron chi connectivity index (χ1n) is 6.73. The Kier molecular flexibility index (Phi) is 3.33. The Balaban J connectivity index is 2.02. The number of hydrogen-bond acceptors (Lipinski definition) is 4. The number of nitrogens with zero attached hydrogens (tertiary/aromatic N) is 2. The lowest BCUT2D eigenvalue weighted by molar-refractivity contribution is 0.0637. The van der Waals surface area contributed by atoms with Crippen molar-refractivity contribution < 1.29 is 19.0 Å². The normalized spacial score (nSPS) is 20.8. The molecular formula is C15H17FN2O3. The van der Waals surface area contributed by atoms with Gasteiger partial charge in [0.2, 0.25) is 5.88 Å². The molecule has 1 unspecified atom stereocenters. The van der Waals surface area contributed by atoms with Crippen LogP contribution in [0.2, 0.25) is 0 Å². The molecule has 21 heavy (non-hydrogen) atoms. The third-order valence-corrected chi connectivity index (χ3v) is 3.77. The van der Waals surface area contributed by atoms with E-state index < -0.39 is 6.10 Å². The molecule has 0 saturated carbocycles. The van der Waals surface area contributed by atoms with Gasteiger partial charge in [0, 0.05) is 19.0 Å². The van der Waals surface area contributed by atoms with Gasteiger partial charge in [-0.2, -0.15) is 5.10 Å². The number of hydrogen-bond donors (Lipinski definition) is 1. The Morgan fingerprint density at radius 1 is 1.48 bits per heavy atom. The number of aliphatic hydroxyl groups is 1. The second-order valence-corrected chi connectivity index (χ2v) is 5.17. The number of halogens is 1. The van der Waals surface area contributed by atoms with Crippen molar-refractivity contribution in [3.63, 3.8) is 0 Å². The van der Waals surface area contributed by atoms with Crippen LogP contribution in [0.15, 0.2) is 18.2 Å². The van der Waals surface area contributed by atoms with Gasteiger partial charge in [0.05, 0.1) is 24.5 Å². The molecule has 0 amide bonds. The maximum Gasteiger partial charge on any atom is 0.218 e. The van der Waals surface area contributed by atoms with E-state index in [-0.39, 0.29) is 11.9 Å². The zero-order valence-corrected chi connectivity index (χ0v) is 12.1. The summed E-state index contributed by atoms with van der Waals surface area (Å²) in [5, 5.41) is 14.6. The van der Waals surface area contributed by atoms with Gasteiger partial charge in [0.15, 0.2) is 0 Å². The fourth-order valence-electron chi connectivity index (χ4n) is 2.86. The zero-order chi connectivity index (χ0) is 15.1. The van der Waals surface area contributed by atoms with Crippen LogP contribution in [-0.2, 0) is 7.05 Å². The van der Waals surface area contributed by atoms with E-state index in [0.29, 0.717) is 23.6 Å². The summed E-state index contributed by atoms with van der Waals surface area (Å²) in [7, 11) is 3.36. The number of aliphatic hydroxyl groups excluding tert-OH is 1. The van der Waals surface area contributed by atoms with Gasteiger partial charge in [0.1, 0.15) is 17.7 Å². The summed E-state index contributed by atoms with van der Waals surface area (Å²) in [5.74, 6) is 0.714. The lowest BCUT2D eigenvalue weighted by atomic mass is 9.95. The van der Waals surface area contributed by atoms with E-state index in [1.54, 1.807) is 18.8 Å². The third kappa shape index (κ3) is 2.25. The standard InChI is InChI=1S/C15H17FN2O3/c1-8-14(15(20-3)18(2)17-8)13-7-11(19)10-6-9(16)4-5-12(10)21-13/h4-6,11,13,19H,7H2,1-3H3/t11-,13?/m0/s1. The largest absolute Gasteiger partial charge is 0.485 e. The molecule has 2 aromatic rings. The SMILES string of the molecule is COc1c(C2C[C@H](O)c3cc(F)ccc3O2)c(C)nn1C. The molecular weight excluding hydrogens is 275 g/mol. The van der Waals surface area contributed by atoms with Gasteiger partial charge in [-0.05, 0) is 25.1 Å². The minimum absolute atomic E-state index is 0.333. The van der Waals surface area contributed by atoms with Gasteiger partial charge in [-0.1, -0.05) is 0 Å². The van der Waals surface area contributed by atoms with Gasteiger partial charge in [-0.25, -0.2) is 9.07 Å². The monoisotopic (exact) mass is 292 g/mol. The third-order valence-electron chi connectivity index (χ3n) is 3.77. The van der Waals surface area contributed by atoms with E-state index >= 15 is 0 Å². The van der Waals surface area contributed by atoms with Gasteiger partial charge in [0.25, 0.3) is 0 Å². The molecule has 1 aromatic heterocycles. The van der Waals surface area contributed by atoms with Crippen LogP contribution >= 0.6 is 0 Å². The Morgan fingerprint density at radius 3 is 2.95 bits per heavy atom. The van der Waals surface area contributed by atoms with Gasteiger partial charge in [-0.3, -0.25) is 0 Å². The van der Waals surface area contributed by atoms with E-state index in [1.807, 2.05) is 6.92 Å². The van der Waals surface area contributed by atoms with Crippen LogP contribution in [0, 0.1) is 12.7 Å². The van der Waals surface area contributed by atoms with E-state index in [1.165, 1.54) is 18.2 Å². The molecule has 0 aliphatic carbocycles. The fourth-order valence-corrected chi connectivity index (χ4v) is 2.86. The highest BCUT2D eigenvalue weighted by Gasteiger charge is 2.33. The smallest absolute Gasteiger partial charge is 0.218 e. The molecule has 3 rings (SSSR count). The average Bonchev–Trinajstić information content (AvgIpc) is 2.73. The molecule has 1 aliphatic heterocycles. The minimum atomic E-state index is -0.779. The van der Waals surface area contributed by atoms with Crippen molar-refractivity contribution in [1.82, 2.24) is 9.78 Å². The van der Waals surface area contributed by atoms with Crippen LogP contribution in [0.3, 0.4) is 0 Å². The summed E-state index contributed by atoms with van der Waals surface area (Å²) >= 11 is 0. The van der Waals surface area contributed by atoms with Crippen molar-refractivity contribution in [1.29, 1.82) is 0 Å². The molecule has 2 atom stereocenters. The summed E-state index contributed by atoms with van der Waals surface area (Å²) in [4.78, 5) is 0. The average molecular weight is 292 g/mol. The summed E-state index contributed by atoms with van der Waals surface area (Å²) in [5.41, 5.74) is 2.08. The minimum Gasteiger partial charge on any atom is -0.485 e. The highest BCUT2D eigenvalue weighted by atomic mass is 19.1. The lowest BCUT2D eigenvalue weighted by Gasteiger charge is -2.29. The Labute approximate surface area is 121 Å². The molecule has 0 fully saturated rings. The van der Waals surface area contributed by atoms with Crippen LogP contribution in [0.1, 0.15) is 35.4 Å². The topological polar surface area (TPSA) is 56.5 Å². The number of aromatic nitrogens is 2. The molecule has 1 N–H and O–H groups in total. The molecule has 6 heteroatoms. The highest BCUT2D eigenvalue weighted by Crippen LogP contribution is 2.43. The van der Waals surface area contributed by atoms with Gasteiger partial charge in [-0.15, -0.1) is 0 Å². The Morgan fingerprint density at radius 2 is 2.24 bits per heavy atom. The Bertz CT molecular complexity index is 684. The predicted octanol–water partition coefficient (Wildman–Crippen LogP) is 2.43. The van der Waals surface area contributed by atoms with E-state index in [4.69, 9.17) is 9.47 Å². The van der Waals surface area contributed by atoms with Crippen LogP contribution in [0.4, 0.5) is 4.39 Å². The molecule has 0 saturated heterocycles. The van der Waals surface area contributed by atoms with E-state index in [9.17, 15) is 9.50 Å². The van der Waals surface area contributed by atoms with Gasteiger partial charge >= 0.3 is 0 Å². The first-order valence-corrected chi connectivity index (χ1v) is 6.73. The summed E-state index contributed by atoms with van der Waals surface area (Å²) in [6.07, 6.45) is -0.820. The molecule has 0 radical (unpaired) electrons. The molecule has 2 heterocycles. The number of methoxy groups -OCH3 is 1. The second kappa shape index (κ2) is 5.04. The maximum absolute atomic E-state index is 13.3. The van der Waals surface area contributed by atoms with Crippen molar-refractivity contribution in [3.8, 4) is 11.6 Å². The van der Waals surface area contributed by atoms with Crippen molar-refractivity contribution in [2.24, 2.45) is 7.05 Å². The summed E-state index contributed by atoms with van der Waals surface area (Å²) in [6.45, 7) is 1.87. The van der Waals surface area contributed by atoms with E-state index in [0.717, 1.165) is 11.3 Å². The first-order chi connectivity index (χ1) is 10.0. The molecule has 1 aromatic carbocycles. The van der Waals surface area contributed by atoms with Crippen LogP contribution in [-0.4, -0.2) is 22.0 Å². The van der Waals surface area contributed by atoms with Crippen LogP contribution < -0.4 is 9.47 Å². The molecule has 112 valence electrons. The summed E-state index contributed by atoms with van der Waals surface area (Å²) < 4.78 is 26.2. The molecule has 5 nitrogen and oxygen atoms in total. The van der Waals surface area contributed by atoms with Crippen LogP contribution in [0.25, 0.3) is 0 Å². The maximum atomic E-state index is 13.3. The quantitative estimate of drug-likeness (QED) is 0.923. The molecule has 0 bridgehead atoms. The first kappa shape index (κ1) is 13.9. The van der Waals surface area contributed by atoms with Crippen molar-refractivity contribution in [2.75, 3.05) is 7.11 Å². The van der Waals surface area contributed by atoms with Crippen molar-refractivity contribution in [2.45, 2.75) is 25.6 Å². The fraction of sp³-hybridized carbons (Fsp3) is 0.400. The Hall–Kier alpha value is -2.08. The number of ether oxygens (including phenoxy) is 2. The predicted molar refractivity (Wildman–Crippen MR) is 73.8 cm³/mol. The summed E-state index contributed by atoms with van der Waals surface area (Å²) in [6, 6.07) is 4.17. The highest BCUT2D eigenvalue weighted by molar-refractivity contribution is 5.41. The van der Waals surface area contributed by atoms with E-state index in [2.05, 4.69) is 5.10 Å². The molecule has 1 aliphatic rings. The van der Waals surface area contributed by atoms with Crippen molar-refractivity contribution in [3.05, 3.63) is 40.8 Å². The molecule has 0 spiro atoms. The van der Waals surface area contributed by atoms with Crippen LogP contribution in [0.5, 0.6) is 11.6 Å². The number of aryl methyl sites for hydroxylation is 2. The second-order valence-electron chi connectivity index (χ2n) is 5.17. The lowest BCUT2D eigenvalue weighted by Crippen LogP contribution is -2.20. The van der Waals surface area contributed by atoms with Crippen molar-refractivity contribution >= 4 is 0 Å². The van der Waals surface area contributed by atoms with Gasteiger partial charge < -0.3 is 14.6 Å². The number of benzene rings is 1.